The maximum absolute atomic E-state index is 12.6. The lowest BCUT2D eigenvalue weighted by Gasteiger charge is -2.26. The van der Waals surface area contributed by atoms with Crippen molar-refractivity contribution in [3.8, 4) is 0 Å². The van der Waals surface area contributed by atoms with Gasteiger partial charge in [-0.1, -0.05) is 40.0 Å². The summed E-state index contributed by atoms with van der Waals surface area (Å²) in [5, 5.41) is 3.24. The minimum atomic E-state index is -4.31. The lowest BCUT2D eigenvalue weighted by atomic mass is 9.87. The van der Waals surface area contributed by atoms with Crippen LogP contribution in [0, 0.1) is 5.41 Å². The smallest absolute Gasteiger partial charge is 0.384 e. The standard InChI is InChI=1S/C16H23BrF3N/c1-4-5-6-9-15(2,3)11-21-14-8-7-12(10-13(14)17)16(18,19)20/h7-8,10,21H,4-6,9,11H2,1-3H3. The third kappa shape index (κ3) is 6.29. The fourth-order valence-corrected chi connectivity index (χ4v) is 2.63. The average Bonchev–Trinajstić information content (AvgIpc) is 2.36. The zero-order chi connectivity index (χ0) is 16.1. The molecule has 1 nitrogen and oxygen atoms in total. The summed E-state index contributed by atoms with van der Waals surface area (Å²) in [4.78, 5) is 0. The van der Waals surface area contributed by atoms with E-state index in [9.17, 15) is 13.2 Å². The molecule has 5 heteroatoms. The largest absolute Gasteiger partial charge is 0.416 e. The highest BCUT2D eigenvalue weighted by Gasteiger charge is 2.30. The van der Waals surface area contributed by atoms with Gasteiger partial charge in [-0.2, -0.15) is 13.2 Å². The van der Waals surface area contributed by atoms with Crippen LogP contribution in [0.25, 0.3) is 0 Å². The number of anilines is 1. The highest BCUT2D eigenvalue weighted by atomic mass is 79.9. The van der Waals surface area contributed by atoms with Crippen LogP contribution in [0.5, 0.6) is 0 Å². The first kappa shape index (κ1) is 18.3. The molecule has 0 saturated heterocycles. The molecule has 0 saturated carbocycles. The molecule has 0 aliphatic rings. The van der Waals surface area contributed by atoms with Crippen molar-refractivity contribution in [3.63, 3.8) is 0 Å². The van der Waals surface area contributed by atoms with Crippen LogP contribution >= 0.6 is 15.9 Å². The average molecular weight is 366 g/mol. The molecule has 0 atom stereocenters. The maximum Gasteiger partial charge on any atom is 0.416 e. The summed E-state index contributed by atoms with van der Waals surface area (Å²) < 4.78 is 38.3. The van der Waals surface area contributed by atoms with Crippen molar-refractivity contribution in [2.45, 2.75) is 52.6 Å². The molecular weight excluding hydrogens is 343 g/mol. The Morgan fingerprint density at radius 1 is 1.14 bits per heavy atom. The molecule has 0 aromatic heterocycles. The zero-order valence-corrected chi connectivity index (χ0v) is 14.4. The fraction of sp³-hybridized carbons (Fsp3) is 0.625. The number of halogens is 4. The van der Waals surface area contributed by atoms with Crippen LogP contribution in [-0.4, -0.2) is 6.54 Å². The van der Waals surface area contributed by atoms with E-state index in [0.717, 1.165) is 25.1 Å². The molecule has 1 aromatic rings. The third-order valence-corrected chi connectivity index (χ3v) is 4.17. The normalized spacial score (nSPS) is 12.5. The Hall–Kier alpha value is -0.710. The van der Waals surface area contributed by atoms with Gasteiger partial charge in [0.1, 0.15) is 0 Å². The summed E-state index contributed by atoms with van der Waals surface area (Å²) in [6, 6.07) is 3.71. The van der Waals surface area contributed by atoms with Gasteiger partial charge >= 0.3 is 6.18 Å². The van der Waals surface area contributed by atoms with Crippen molar-refractivity contribution in [2.24, 2.45) is 5.41 Å². The number of rotatable bonds is 7. The maximum atomic E-state index is 12.6. The van der Waals surface area contributed by atoms with Crippen LogP contribution in [0.3, 0.4) is 0 Å². The van der Waals surface area contributed by atoms with Gasteiger partial charge in [-0.3, -0.25) is 0 Å². The Morgan fingerprint density at radius 3 is 2.33 bits per heavy atom. The first-order chi connectivity index (χ1) is 9.65. The van der Waals surface area contributed by atoms with E-state index in [1.165, 1.54) is 25.3 Å². The Kier molecular flexibility index (Phi) is 6.57. The molecule has 0 radical (unpaired) electrons. The van der Waals surface area contributed by atoms with Gasteiger partial charge in [-0.25, -0.2) is 0 Å². The third-order valence-electron chi connectivity index (χ3n) is 3.51. The molecule has 1 aromatic carbocycles. The van der Waals surface area contributed by atoms with Gasteiger partial charge in [0.15, 0.2) is 0 Å². The molecule has 0 spiro atoms. The van der Waals surface area contributed by atoms with Gasteiger partial charge in [0, 0.05) is 16.7 Å². The summed E-state index contributed by atoms with van der Waals surface area (Å²) >= 11 is 3.21. The van der Waals surface area contributed by atoms with E-state index < -0.39 is 11.7 Å². The minimum Gasteiger partial charge on any atom is -0.384 e. The lowest BCUT2D eigenvalue weighted by Crippen LogP contribution is -2.23. The second kappa shape index (κ2) is 7.52. The van der Waals surface area contributed by atoms with Gasteiger partial charge in [0.05, 0.1) is 5.56 Å². The molecule has 0 unspecified atom stereocenters. The van der Waals surface area contributed by atoms with Gasteiger partial charge in [-0.05, 0) is 46.0 Å². The van der Waals surface area contributed by atoms with Crippen LogP contribution in [-0.2, 0) is 6.18 Å². The van der Waals surface area contributed by atoms with Crippen LogP contribution < -0.4 is 5.32 Å². The minimum absolute atomic E-state index is 0.122. The summed E-state index contributed by atoms with van der Waals surface area (Å²) in [7, 11) is 0. The van der Waals surface area contributed by atoms with Gasteiger partial charge in [0.25, 0.3) is 0 Å². The molecule has 0 bridgehead atoms. The van der Waals surface area contributed by atoms with Crippen molar-refractivity contribution in [1.82, 2.24) is 0 Å². The molecule has 0 aliphatic carbocycles. The molecule has 0 heterocycles. The highest BCUT2D eigenvalue weighted by molar-refractivity contribution is 9.10. The van der Waals surface area contributed by atoms with E-state index in [4.69, 9.17) is 0 Å². The number of alkyl halides is 3. The van der Waals surface area contributed by atoms with Gasteiger partial charge in [0.2, 0.25) is 0 Å². The highest BCUT2D eigenvalue weighted by Crippen LogP contribution is 2.34. The summed E-state index contributed by atoms with van der Waals surface area (Å²) in [5.74, 6) is 0. The molecule has 0 aliphatic heterocycles. The van der Waals surface area contributed by atoms with Gasteiger partial charge in [-0.15, -0.1) is 0 Å². The topological polar surface area (TPSA) is 12.0 Å². The summed E-state index contributed by atoms with van der Waals surface area (Å²) in [6.07, 6.45) is 0.382. The molecule has 1 N–H and O–H groups in total. The first-order valence-electron chi connectivity index (χ1n) is 7.26. The number of unbranched alkanes of at least 4 members (excludes halogenated alkanes) is 2. The van der Waals surface area contributed by atoms with Crippen LogP contribution in [0.1, 0.15) is 52.0 Å². The van der Waals surface area contributed by atoms with E-state index >= 15 is 0 Å². The van der Waals surface area contributed by atoms with Crippen LogP contribution in [0.2, 0.25) is 0 Å². The lowest BCUT2D eigenvalue weighted by molar-refractivity contribution is -0.137. The van der Waals surface area contributed by atoms with Crippen LogP contribution in [0.4, 0.5) is 18.9 Å². The number of benzene rings is 1. The van der Waals surface area contributed by atoms with Crippen molar-refractivity contribution in [2.75, 3.05) is 11.9 Å². The van der Waals surface area contributed by atoms with E-state index in [1.807, 2.05) is 0 Å². The molecule has 21 heavy (non-hydrogen) atoms. The Labute approximate surface area is 133 Å². The Bertz CT molecular complexity index is 455. The number of nitrogens with one attached hydrogen (secondary N) is 1. The Balaban J connectivity index is 2.63. The van der Waals surface area contributed by atoms with E-state index in [0.29, 0.717) is 10.2 Å². The monoisotopic (exact) mass is 365 g/mol. The van der Waals surface area contributed by atoms with Gasteiger partial charge < -0.3 is 5.32 Å². The molecule has 0 fully saturated rings. The quantitative estimate of drug-likeness (QED) is 0.544. The summed E-state index contributed by atoms with van der Waals surface area (Å²) in [6.45, 7) is 7.26. The van der Waals surface area contributed by atoms with Crippen molar-refractivity contribution < 1.29 is 13.2 Å². The van der Waals surface area contributed by atoms with E-state index in [-0.39, 0.29) is 5.41 Å². The second-order valence-corrected chi connectivity index (χ2v) is 7.02. The molecule has 120 valence electrons. The predicted molar refractivity (Wildman–Crippen MR) is 85.6 cm³/mol. The van der Waals surface area contributed by atoms with E-state index in [1.54, 1.807) is 0 Å². The number of hydrogen-bond acceptors (Lipinski definition) is 1. The Morgan fingerprint density at radius 2 is 1.81 bits per heavy atom. The zero-order valence-electron chi connectivity index (χ0n) is 12.8. The summed E-state index contributed by atoms with van der Waals surface area (Å²) in [5.41, 5.74) is 0.186. The van der Waals surface area contributed by atoms with Crippen molar-refractivity contribution in [3.05, 3.63) is 28.2 Å². The predicted octanol–water partition coefficient (Wildman–Crippen LogP) is 6.49. The molecular formula is C16H23BrF3N. The molecule has 1 rings (SSSR count). The van der Waals surface area contributed by atoms with Crippen molar-refractivity contribution >= 4 is 21.6 Å². The van der Waals surface area contributed by atoms with E-state index in [2.05, 4.69) is 42.0 Å². The fourth-order valence-electron chi connectivity index (χ4n) is 2.11. The molecule has 0 amide bonds. The van der Waals surface area contributed by atoms with Crippen LogP contribution in [0.15, 0.2) is 22.7 Å². The number of hydrogen-bond donors (Lipinski definition) is 1. The SMILES string of the molecule is CCCCCC(C)(C)CNc1ccc(C(F)(F)F)cc1Br. The first-order valence-corrected chi connectivity index (χ1v) is 8.05. The second-order valence-electron chi connectivity index (χ2n) is 6.17. The van der Waals surface area contributed by atoms with Crippen molar-refractivity contribution in [1.29, 1.82) is 0 Å².